The van der Waals surface area contributed by atoms with Gasteiger partial charge < -0.3 is 13.4 Å². The number of rotatable bonds is 2. The van der Waals surface area contributed by atoms with Gasteiger partial charge >= 0.3 is 0 Å². The Kier molecular flexibility index (Phi) is 2.31. The number of nitrogens with zero attached hydrogens (tertiary/aromatic N) is 2. The molecule has 100 valence electrons. The first-order valence-corrected chi connectivity index (χ1v) is 6.42. The molecule has 3 aromatic heterocycles. The van der Waals surface area contributed by atoms with Crippen LogP contribution in [0.5, 0.6) is 0 Å². The van der Waals surface area contributed by atoms with Gasteiger partial charge in [-0.25, -0.2) is 5.10 Å². The molecule has 0 aliphatic carbocycles. The van der Waals surface area contributed by atoms with E-state index in [-0.39, 0.29) is 4.84 Å². The van der Waals surface area contributed by atoms with E-state index >= 15 is 0 Å². The second-order valence-corrected chi connectivity index (χ2v) is 4.95. The van der Waals surface area contributed by atoms with Crippen molar-refractivity contribution in [3.63, 3.8) is 0 Å². The fourth-order valence-corrected chi connectivity index (χ4v) is 2.39. The molecule has 0 spiro atoms. The van der Waals surface area contributed by atoms with E-state index in [2.05, 4.69) is 15.4 Å². The summed E-state index contributed by atoms with van der Waals surface area (Å²) in [6, 6.07) is 3.85. The van der Waals surface area contributed by atoms with E-state index in [1.807, 2.05) is 19.1 Å². The summed E-state index contributed by atoms with van der Waals surface area (Å²) < 4.78 is 16.0. The average Bonchev–Trinajstić information content (AvgIpc) is 3.11. The smallest absolute Gasteiger partial charge is 0.284 e. The van der Waals surface area contributed by atoms with Gasteiger partial charge in [-0.2, -0.15) is 0 Å². The lowest BCUT2D eigenvalue weighted by Crippen LogP contribution is -1.89. The first-order valence-electron chi connectivity index (χ1n) is 6.01. The van der Waals surface area contributed by atoms with Gasteiger partial charge in [0.2, 0.25) is 5.89 Å². The zero-order valence-electron chi connectivity index (χ0n) is 10.5. The summed E-state index contributed by atoms with van der Waals surface area (Å²) in [4.78, 5) is 0.251. The first kappa shape index (κ1) is 11.4. The van der Waals surface area contributed by atoms with Crippen LogP contribution in [0.15, 0.2) is 31.8 Å². The van der Waals surface area contributed by atoms with Crippen molar-refractivity contribution in [3.05, 3.63) is 40.4 Å². The number of aromatic amines is 1. The van der Waals surface area contributed by atoms with Crippen molar-refractivity contribution in [2.45, 2.75) is 13.3 Å². The molecule has 4 aromatic rings. The molecule has 6 nitrogen and oxygen atoms in total. The number of furan rings is 1. The number of nitrogens with one attached hydrogen (secondary N) is 1. The van der Waals surface area contributed by atoms with Crippen molar-refractivity contribution in [3.8, 4) is 0 Å². The Balaban J connectivity index is 1.88. The predicted molar refractivity (Wildman–Crippen MR) is 73.0 cm³/mol. The van der Waals surface area contributed by atoms with Gasteiger partial charge in [-0.1, -0.05) is 5.16 Å². The normalized spacial score (nSPS) is 11.7. The Morgan fingerprint density at radius 1 is 1.25 bits per heavy atom. The molecule has 0 bridgehead atoms. The Bertz CT molecular complexity index is 976. The topological polar surface area (TPSA) is 81.0 Å². The maximum atomic E-state index is 5.45. The largest absolute Gasteiger partial charge is 0.464 e. The maximum Gasteiger partial charge on any atom is 0.284 e. The van der Waals surface area contributed by atoms with E-state index in [0.717, 1.165) is 27.6 Å². The van der Waals surface area contributed by atoms with Crippen LogP contribution in [0.25, 0.3) is 21.9 Å². The number of fused-ring (bicyclic) bond motifs is 2. The molecule has 3 heterocycles. The summed E-state index contributed by atoms with van der Waals surface area (Å²) in [6.07, 6.45) is 2.14. The summed E-state index contributed by atoms with van der Waals surface area (Å²) >= 11 is 4.85. The van der Waals surface area contributed by atoms with Crippen LogP contribution in [0.1, 0.15) is 17.1 Å². The number of hydrogen-bond acceptors (Lipinski definition) is 6. The first-order chi connectivity index (χ1) is 9.70. The SMILES string of the molecule is Cc1coc2cc3onc(Cc4n[nH]c(=S)o4)c3cc12. The highest BCUT2D eigenvalue weighted by Crippen LogP contribution is 2.29. The second-order valence-electron chi connectivity index (χ2n) is 4.58. The lowest BCUT2D eigenvalue weighted by atomic mass is 10.1. The van der Waals surface area contributed by atoms with Gasteiger partial charge in [0.25, 0.3) is 4.84 Å². The standard InChI is InChI=1S/C13H9N3O3S/c1-6-5-17-10-4-11-8(2-7(6)10)9(16-19-11)3-12-14-15-13(20)18-12/h2,4-5H,3H2,1H3,(H,15,20). The van der Waals surface area contributed by atoms with Crippen molar-refractivity contribution < 1.29 is 13.4 Å². The highest BCUT2D eigenvalue weighted by atomic mass is 32.1. The average molecular weight is 287 g/mol. The Morgan fingerprint density at radius 3 is 2.95 bits per heavy atom. The zero-order chi connectivity index (χ0) is 13.7. The third-order valence-corrected chi connectivity index (χ3v) is 3.41. The van der Waals surface area contributed by atoms with Crippen LogP contribution in [0.2, 0.25) is 0 Å². The van der Waals surface area contributed by atoms with E-state index in [1.165, 1.54) is 0 Å². The van der Waals surface area contributed by atoms with Gasteiger partial charge in [-0.05, 0) is 30.8 Å². The zero-order valence-corrected chi connectivity index (χ0v) is 11.3. The third-order valence-electron chi connectivity index (χ3n) is 3.24. The maximum absolute atomic E-state index is 5.45. The van der Waals surface area contributed by atoms with Crippen molar-refractivity contribution in [2.24, 2.45) is 0 Å². The van der Waals surface area contributed by atoms with E-state index in [9.17, 15) is 0 Å². The van der Waals surface area contributed by atoms with E-state index in [1.54, 1.807) is 6.26 Å². The molecule has 4 rings (SSSR count). The molecule has 0 fully saturated rings. The molecule has 7 heteroatoms. The summed E-state index contributed by atoms with van der Waals surface area (Å²) in [7, 11) is 0. The van der Waals surface area contributed by atoms with Crippen molar-refractivity contribution >= 4 is 34.2 Å². The van der Waals surface area contributed by atoms with Crippen LogP contribution in [0.3, 0.4) is 0 Å². The van der Waals surface area contributed by atoms with E-state index in [0.29, 0.717) is 17.9 Å². The van der Waals surface area contributed by atoms with Crippen LogP contribution < -0.4 is 0 Å². The molecular weight excluding hydrogens is 278 g/mol. The van der Waals surface area contributed by atoms with Gasteiger partial charge in [-0.3, -0.25) is 0 Å². The summed E-state index contributed by atoms with van der Waals surface area (Å²) in [6.45, 7) is 2.00. The molecule has 0 saturated carbocycles. The lowest BCUT2D eigenvalue weighted by Gasteiger charge is -1.93. The summed E-state index contributed by atoms with van der Waals surface area (Å²) in [5, 5.41) is 12.6. The molecule has 20 heavy (non-hydrogen) atoms. The fraction of sp³-hybridized carbons (Fsp3) is 0.154. The number of benzene rings is 1. The molecule has 0 aliphatic rings. The van der Waals surface area contributed by atoms with Gasteiger partial charge in [-0.15, -0.1) is 5.10 Å². The number of hydrogen-bond donors (Lipinski definition) is 1. The Morgan fingerprint density at radius 2 is 2.15 bits per heavy atom. The molecule has 1 N–H and O–H groups in total. The minimum atomic E-state index is 0.251. The van der Waals surface area contributed by atoms with Gasteiger partial charge in [0.1, 0.15) is 11.3 Å². The Labute approximate surface area is 117 Å². The van der Waals surface area contributed by atoms with Crippen molar-refractivity contribution in [1.29, 1.82) is 0 Å². The van der Waals surface area contributed by atoms with Crippen molar-refractivity contribution in [1.82, 2.24) is 15.4 Å². The van der Waals surface area contributed by atoms with Crippen LogP contribution in [-0.2, 0) is 6.42 Å². The van der Waals surface area contributed by atoms with E-state index < -0.39 is 0 Å². The quantitative estimate of drug-likeness (QED) is 0.568. The van der Waals surface area contributed by atoms with Crippen molar-refractivity contribution in [2.75, 3.05) is 0 Å². The second kappa shape index (κ2) is 4.04. The third kappa shape index (κ3) is 1.67. The number of H-pyrrole nitrogens is 1. The molecular formula is C13H9N3O3S. The van der Waals surface area contributed by atoms with Crippen LogP contribution in [-0.4, -0.2) is 15.4 Å². The highest BCUT2D eigenvalue weighted by Gasteiger charge is 2.14. The highest BCUT2D eigenvalue weighted by molar-refractivity contribution is 7.71. The summed E-state index contributed by atoms with van der Waals surface area (Å²) in [5.41, 5.74) is 3.30. The van der Waals surface area contributed by atoms with Crippen LogP contribution >= 0.6 is 12.2 Å². The molecule has 0 radical (unpaired) electrons. The van der Waals surface area contributed by atoms with Crippen LogP contribution in [0.4, 0.5) is 0 Å². The van der Waals surface area contributed by atoms with Gasteiger partial charge in [0, 0.05) is 16.8 Å². The monoisotopic (exact) mass is 287 g/mol. The summed E-state index contributed by atoms with van der Waals surface area (Å²) in [5.74, 6) is 0.481. The van der Waals surface area contributed by atoms with E-state index in [4.69, 9.17) is 25.6 Å². The fourth-order valence-electron chi connectivity index (χ4n) is 2.24. The molecule has 0 unspecified atom stereocenters. The molecule has 0 atom stereocenters. The Hall–Kier alpha value is -2.41. The molecule has 1 aromatic carbocycles. The minimum absolute atomic E-state index is 0.251. The molecule has 0 saturated heterocycles. The minimum Gasteiger partial charge on any atom is -0.464 e. The molecule has 0 aliphatic heterocycles. The molecule has 0 amide bonds. The lowest BCUT2D eigenvalue weighted by molar-refractivity contribution is 0.438. The van der Waals surface area contributed by atoms with Crippen LogP contribution in [0, 0.1) is 11.8 Å². The number of aromatic nitrogens is 3. The predicted octanol–water partition coefficient (Wildman–Crippen LogP) is 3.52. The number of aryl methyl sites for hydroxylation is 1. The van der Waals surface area contributed by atoms with Gasteiger partial charge in [0.15, 0.2) is 5.58 Å². The van der Waals surface area contributed by atoms with Gasteiger partial charge in [0.05, 0.1) is 12.7 Å².